The summed E-state index contributed by atoms with van der Waals surface area (Å²) in [5.41, 5.74) is 1.80. The number of carboxylic acids is 1. The highest BCUT2D eigenvalue weighted by molar-refractivity contribution is 5.81. The third kappa shape index (κ3) is 3.04. The number of carbonyl (C=O) groups excluding carboxylic acids is 1. The van der Waals surface area contributed by atoms with E-state index in [1.165, 1.54) is 0 Å². The highest BCUT2D eigenvalue weighted by Crippen LogP contribution is 2.39. The van der Waals surface area contributed by atoms with Gasteiger partial charge in [-0.3, -0.25) is 9.59 Å². The summed E-state index contributed by atoms with van der Waals surface area (Å²) in [6, 6.07) is 9.59. The molecule has 6 heteroatoms. The first-order valence-corrected chi connectivity index (χ1v) is 8.73. The topological polar surface area (TPSA) is 75.4 Å². The van der Waals surface area contributed by atoms with E-state index in [1.54, 1.807) is 15.8 Å². The number of nitrogens with zero attached hydrogens (tertiary/aromatic N) is 3. The second kappa shape index (κ2) is 6.35. The minimum Gasteiger partial charge on any atom is -0.481 e. The van der Waals surface area contributed by atoms with Gasteiger partial charge in [-0.25, -0.2) is 4.68 Å². The molecular formula is C19H21N3O3. The highest BCUT2D eigenvalue weighted by Gasteiger charge is 2.45. The van der Waals surface area contributed by atoms with Crippen molar-refractivity contribution in [3.05, 3.63) is 48.3 Å². The fraction of sp³-hybridized carbons (Fsp3) is 0.421. The summed E-state index contributed by atoms with van der Waals surface area (Å²) in [6.07, 6.45) is 6.38. The summed E-state index contributed by atoms with van der Waals surface area (Å²) in [4.78, 5) is 26.0. The third-order valence-electron chi connectivity index (χ3n) is 5.43. The summed E-state index contributed by atoms with van der Waals surface area (Å²) in [5.74, 6) is -0.858. The van der Waals surface area contributed by atoms with Crippen molar-refractivity contribution < 1.29 is 14.7 Å². The van der Waals surface area contributed by atoms with Crippen LogP contribution in [0.1, 0.15) is 24.8 Å². The Morgan fingerprint density at radius 2 is 2.00 bits per heavy atom. The number of piperidine rings is 2. The van der Waals surface area contributed by atoms with Gasteiger partial charge in [-0.2, -0.15) is 5.10 Å². The molecule has 1 aromatic heterocycles. The Hall–Kier alpha value is -2.63. The second-order valence-electron chi connectivity index (χ2n) is 7.04. The van der Waals surface area contributed by atoms with Crippen molar-refractivity contribution in [2.75, 3.05) is 6.54 Å². The van der Waals surface area contributed by atoms with Gasteiger partial charge in [-0.05, 0) is 42.9 Å². The standard InChI is InChI=1S/C19H21N3O3/c23-18(21-11-13-6-7-17(21)16(8-13)19(24)25)9-14-10-20-22(12-14)15-4-2-1-3-5-15/h1-5,10,12-13,16-17H,6-9,11H2,(H,24,25)/t13-,16-,17+/m1/s1. The van der Waals surface area contributed by atoms with Crippen molar-refractivity contribution in [2.24, 2.45) is 11.8 Å². The molecule has 3 fully saturated rings. The minimum atomic E-state index is -0.774. The maximum Gasteiger partial charge on any atom is 0.308 e. The Morgan fingerprint density at radius 3 is 2.72 bits per heavy atom. The van der Waals surface area contributed by atoms with E-state index in [4.69, 9.17) is 0 Å². The maximum absolute atomic E-state index is 12.8. The van der Waals surface area contributed by atoms with Crippen molar-refractivity contribution in [3.8, 4) is 5.69 Å². The van der Waals surface area contributed by atoms with Crippen LogP contribution in [0.4, 0.5) is 0 Å². The molecule has 6 nitrogen and oxygen atoms in total. The second-order valence-corrected chi connectivity index (χ2v) is 7.04. The van der Waals surface area contributed by atoms with Gasteiger partial charge in [-0.1, -0.05) is 18.2 Å². The van der Waals surface area contributed by atoms with E-state index in [0.29, 0.717) is 18.9 Å². The van der Waals surface area contributed by atoms with E-state index in [0.717, 1.165) is 24.1 Å². The van der Waals surface area contributed by atoms with Gasteiger partial charge >= 0.3 is 5.97 Å². The number of rotatable bonds is 4. The molecule has 2 aromatic rings. The van der Waals surface area contributed by atoms with Gasteiger partial charge in [0.15, 0.2) is 0 Å². The predicted molar refractivity (Wildman–Crippen MR) is 91.2 cm³/mol. The number of hydrogen-bond donors (Lipinski definition) is 1. The number of aromatic nitrogens is 2. The lowest BCUT2D eigenvalue weighted by atomic mass is 9.72. The molecule has 0 unspecified atom stereocenters. The Bertz CT molecular complexity index is 786. The van der Waals surface area contributed by atoms with Gasteiger partial charge in [0.25, 0.3) is 0 Å². The van der Waals surface area contributed by atoms with E-state index < -0.39 is 11.9 Å². The fourth-order valence-corrected chi connectivity index (χ4v) is 4.20. The quantitative estimate of drug-likeness (QED) is 0.926. The molecule has 1 aromatic carbocycles. The molecule has 25 heavy (non-hydrogen) atoms. The molecular weight excluding hydrogens is 318 g/mol. The first-order chi connectivity index (χ1) is 12.1. The van der Waals surface area contributed by atoms with Crippen LogP contribution in [0.15, 0.2) is 42.7 Å². The molecule has 3 heterocycles. The number of para-hydroxylation sites is 1. The highest BCUT2D eigenvalue weighted by atomic mass is 16.4. The van der Waals surface area contributed by atoms with Crippen LogP contribution in [-0.4, -0.2) is 44.3 Å². The lowest BCUT2D eigenvalue weighted by Gasteiger charge is -2.48. The van der Waals surface area contributed by atoms with E-state index in [1.807, 2.05) is 36.5 Å². The van der Waals surface area contributed by atoms with Crippen molar-refractivity contribution in [3.63, 3.8) is 0 Å². The summed E-state index contributed by atoms with van der Waals surface area (Å²) < 4.78 is 1.75. The molecule has 3 aliphatic rings. The Morgan fingerprint density at radius 1 is 1.20 bits per heavy atom. The first-order valence-electron chi connectivity index (χ1n) is 8.73. The third-order valence-corrected chi connectivity index (χ3v) is 5.43. The van der Waals surface area contributed by atoms with Crippen LogP contribution in [0.3, 0.4) is 0 Å². The zero-order valence-electron chi connectivity index (χ0n) is 13.9. The number of carbonyl (C=O) groups is 2. The molecule has 130 valence electrons. The molecule has 1 amide bonds. The molecule has 0 spiro atoms. The van der Waals surface area contributed by atoms with Gasteiger partial charge in [0.2, 0.25) is 5.91 Å². The summed E-state index contributed by atoms with van der Waals surface area (Å²) in [5, 5.41) is 13.8. The number of carboxylic acid groups (broad SMARTS) is 1. The molecule has 1 N–H and O–H groups in total. The lowest BCUT2D eigenvalue weighted by molar-refractivity contribution is -0.155. The lowest BCUT2D eigenvalue weighted by Crippen LogP contribution is -2.57. The molecule has 1 aliphatic carbocycles. The van der Waals surface area contributed by atoms with Gasteiger partial charge in [0, 0.05) is 18.8 Å². The predicted octanol–water partition coefficient (Wildman–Crippen LogP) is 2.13. The van der Waals surface area contributed by atoms with Crippen LogP contribution >= 0.6 is 0 Å². The van der Waals surface area contributed by atoms with Crippen LogP contribution in [-0.2, 0) is 16.0 Å². The maximum atomic E-state index is 12.8. The molecule has 2 bridgehead atoms. The molecule has 5 rings (SSSR count). The SMILES string of the molecule is O=C(O)[C@@H]1C[C@H]2CC[C@@H]1N(C(=O)Cc1cnn(-c3ccccc3)c1)C2. The number of benzene rings is 1. The van der Waals surface area contributed by atoms with E-state index in [2.05, 4.69) is 5.10 Å². The zero-order valence-corrected chi connectivity index (χ0v) is 13.9. The van der Waals surface area contributed by atoms with E-state index in [-0.39, 0.29) is 18.4 Å². The summed E-state index contributed by atoms with van der Waals surface area (Å²) in [6.45, 7) is 0.695. The largest absolute Gasteiger partial charge is 0.481 e. The number of amides is 1. The molecule has 2 aliphatic heterocycles. The normalized spacial score (nSPS) is 25.1. The number of hydrogen-bond acceptors (Lipinski definition) is 3. The smallest absolute Gasteiger partial charge is 0.308 e. The summed E-state index contributed by atoms with van der Waals surface area (Å²) >= 11 is 0. The van der Waals surface area contributed by atoms with E-state index in [9.17, 15) is 14.7 Å². The van der Waals surface area contributed by atoms with Crippen molar-refractivity contribution in [1.29, 1.82) is 0 Å². The zero-order chi connectivity index (χ0) is 17.4. The van der Waals surface area contributed by atoms with Gasteiger partial charge in [-0.15, -0.1) is 0 Å². The monoisotopic (exact) mass is 339 g/mol. The van der Waals surface area contributed by atoms with E-state index >= 15 is 0 Å². The van der Waals surface area contributed by atoms with Crippen molar-refractivity contribution in [1.82, 2.24) is 14.7 Å². The van der Waals surface area contributed by atoms with Gasteiger partial charge in [0.1, 0.15) is 0 Å². The van der Waals surface area contributed by atoms with Crippen LogP contribution in [0.5, 0.6) is 0 Å². The molecule has 3 atom stereocenters. The Labute approximate surface area is 146 Å². The molecule has 0 radical (unpaired) electrons. The van der Waals surface area contributed by atoms with Crippen molar-refractivity contribution >= 4 is 11.9 Å². The molecule has 2 saturated heterocycles. The first kappa shape index (κ1) is 15.9. The Kier molecular flexibility index (Phi) is 4.03. The summed E-state index contributed by atoms with van der Waals surface area (Å²) in [7, 11) is 0. The van der Waals surface area contributed by atoms with Gasteiger partial charge < -0.3 is 10.0 Å². The minimum absolute atomic E-state index is 0.00765. The van der Waals surface area contributed by atoms with Crippen LogP contribution in [0.25, 0.3) is 5.69 Å². The van der Waals surface area contributed by atoms with Crippen molar-refractivity contribution in [2.45, 2.75) is 31.7 Å². The Balaban J connectivity index is 1.47. The molecule has 1 saturated carbocycles. The van der Waals surface area contributed by atoms with Gasteiger partial charge in [0.05, 0.1) is 24.2 Å². The average Bonchev–Trinajstić information content (AvgIpc) is 3.11. The number of aliphatic carboxylic acids is 1. The van der Waals surface area contributed by atoms with Crippen LogP contribution in [0, 0.1) is 11.8 Å². The number of fused-ring (bicyclic) bond motifs is 3. The van der Waals surface area contributed by atoms with Crippen LogP contribution in [0.2, 0.25) is 0 Å². The average molecular weight is 339 g/mol. The fourth-order valence-electron chi connectivity index (χ4n) is 4.20. The van der Waals surface area contributed by atoms with Crippen LogP contribution < -0.4 is 0 Å².